The van der Waals surface area contributed by atoms with Crippen LogP contribution in [0.25, 0.3) is 0 Å². The number of halogens is 2. The first kappa shape index (κ1) is 15.4. The van der Waals surface area contributed by atoms with E-state index in [1.807, 2.05) is 0 Å². The Labute approximate surface area is 122 Å². The summed E-state index contributed by atoms with van der Waals surface area (Å²) in [5.74, 6) is -1.19. The minimum absolute atomic E-state index is 0.250. The lowest BCUT2D eigenvalue weighted by molar-refractivity contribution is 0.580. The lowest BCUT2D eigenvalue weighted by atomic mass is 10.1. The largest absolute Gasteiger partial charge is 0.385 e. The van der Waals surface area contributed by atoms with Gasteiger partial charge in [-0.25, -0.2) is 17.2 Å². The Hall–Kier alpha value is -1.95. The molecule has 0 radical (unpaired) electrons. The van der Waals surface area contributed by atoms with E-state index in [1.54, 1.807) is 12.1 Å². The second-order valence-electron chi connectivity index (χ2n) is 4.75. The molecule has 112 valence electrons. The second-order valence-corrected chi connectivity index (χ2v) is 6.77. The van der Waals surface area contributed by atoms with Crippen LogP contribution in [0.3, 0.4) is 0 Å². The van der Waals surface area contributed by atoms with Crippen LogP contribution in [0.5, 0.6) is 0 Å². The maximum Gasteiger partial charge on any atom is 0.175 e. The number of nitrogens with one attached hydrogen (secondary N) is 1. The first-order valence-corrected chi connectivity index (χ1v) is 8.23. The molecule has 0 fully saturated rings. The van der Waals surface area contributed by atoms with Gasteiger partial charge in [0.05, 0.1) is 4.90 Å². The number of hydrogen-bond donors (Lipinski definition) is 1. The Balaban J connectivity index is 1.94. The monoisotopic (exact) mass is 311 g/mol. The van der Waals surface area contributed by atoms with Gasteiger partial charge < -0.3 is 5.32 Å². The van der Waals surface area contributed by atoms with Crippen LogP contribution in [0, 0.1) is 11.6 Å². The van der Waals surface area contributed by atoms with Crippen LogP contribution in [-0.2, 0) is 16.3 Å². The maximum atomic E-state index is 13.0. The van der Waals surface area contributed by atoms with E-state index in [0.29, 0.717) is 18.5 Å². The van der Waals surface area contributed by atoms with Crippen molar-refractivity contribution in [3.63, 3.8) is 0 Å². The smallest absolute Gasteiger partial charge is 0.175 e. The van der Waals surface area contributed by atoms with Gasteiger partial charge in [-0.15, -0.1) is 0 Å². The molecule has 0 spiro atoms. The van der Waals surface area contributed by atoms with E-state index in [0.717, 1.165) is 18.0 Å². The van der Waals surface area contributed by atoms with Gasteiger partial charge >= 0.3 is 0 Å². The topological polar surface area (TPSA) is 46.2 Å². The molecular weight excluding hydrogens is 296 g/mol. The lowest BCUT2D eigenvalue weighted by Crippen LogP contribution is -2.05. The van der Waals surface area contributed by atoms with Crippen LogP contribution in [0.2, 0.25) is 0 Å². The summed E-state index contributed by atoms with van der Waals surface area (Å²) in [4.78, 5) is 0.250. The molecule has 3 nitrogen and oxygen atoms in total. The van der Waals surface area contributed by atoms with Gasteiger partial charge in [0.25, 0.3) is 0 Å². The van der Waals surface area contributed by atoms with Gasteiger partial charge in [0, 0.05) is 24.6 Å². The van der Waals surface area contributed by atoms with Crippen LogP contribution in [-0.4, -0.2) is 21.2 Å². The molecule has 0 aliphatic carbocycles. The zero-order chi connectivity index (χ0) is 15.5. The SMILES string of the molecule is CS(=O)(=O)c1ccc(NCCc2cc(F)cc(F)c2)cc1. The third-order valence-corrected chi connectivity index (χ3v) is 4.08. The molecule has 6 heteroatoms. The third-order valence-electron chi connectivity index (χ3n) is 2.95. The van der Waals surface area contributed by atoms with Crippen molar-refractivity contribution in [1.29, 1.82) is 0 Å². The molecule has 0 heterocycles. The van der Waals surface area contributed by atoms with Crippen LogP contribution < -0.4 is 5.32 Å². The first-order chi connectivity index (χ1) is 9.84. The first-order valence-electron chi connectivity index (χ1n) is 6.33. The fourth-order valence-electron chi connectivity index (χ4n) is 1.93. The molecule has 0 amide bonds. The van der Waals surface area contributed by atoms with Crippen LogP contribution >= 0.6 is 0 Å². The summed E-state index contributed by atoms with van der Waals surface area (Å²) in [6.45, 7) is 0.487. The van der Waals surface area contributed by atoms with Gasteiger partial charge in [0.15, 0.2) is 9.84 Å². The Morgan fingerprint density at radius 1 is 1.00 bits per heavy atom. The van der Waals surface area contributed by atoms with E-state index in [2.05, 4.69) is 5.32 Å². The van der Waals surface area contributed by atoms with E-state index in [9.17, 15) is 17.2 Å². The van der Waals surface area contributed by atoms with E-state index in [-0.39, 0.29) is 4.90 Å². The van der Waals surface area contributed by atoms with Crippen molar-refractivity contribution >= 4 is 15.5 Å². The maximum absolute atomic E-state index is 13.0. The van der Waals surface area contributed by atoms with Gasteiger partial charge in [-0.1, -0.05) is 0 Å². The number of rotatable bonds is 5. The van der Waals surface area contributed by atoms with E-state index >= 15 is 0 Å². The summed E-state index contributed by atoms with van der Waals surface area (Å²) >= 11 is 0. The van der Waals surface area contributed by atoms with Gasteiger partial charge in [0.1, 0.15) is 11.6 Å². The van der Waals surface area contributed by atoms with Crippen molar-refractivity contribution < 1.29 is 17.2 Å². The van der Waals surface area contributed by atoms with Crippen molar-refractivity contribution in [2.24, 2.45) is 0 Å². The minimum atomic E-state index is -3.20. The number of benzene rings is 2. The molecule has 0 aromatic heterocycles. The van der Waals surface area contributed by atoms with Crippen molar-refractivity contribution in [3.8, 4) is 0 Å². The molecule has 0 aliphatic heterocycles. The zero-order valence-corrected chi connectivity index (χ0v) is 12.3. The summed E-state index contributed by atoms with van der Waals surface area (Å²) in [5, 5.41) is 3.07. The number of hydrogen-bond acceptors (Lipinski definition) is 3. The third kappa shape index (κ3) is 4.53. The summed E-state index contributed by atoms with van der Waals surface area (Å²) < 4.78 is 48.7. The van der Waals surface area contributed by atoms with Crippen molar-refractivity contribution in [2.75, 3.05) is 18.1 Å². The van der Waals surface area contributed by atoms with E-state index in [4.69, 9.17) is 0 Å². The van der Waals surface area contributed by atoms with Crippen LogP contribution in [0.15, 0.2) is 47.4 Å². The van der Waals surface area contributed by atoms with Crippen LogP contribution in [0.1, 0.15) is 5.56 Å². The highest BCUT2D eigenvalue weighted by molar-refractivity contribution is 7.90. The molecule has 0 saturated carbocycles. The molecule has 0 bridgehead atoms. The second kappa shape index (κ2) is 6.22. The Bertz CT molecular complexity index is 708. The van der Waals surface area contributed by atoms with Crippen molar-refractivity contribution in [3.05, 3.63) is 59.7 Å². The van der Waals surface area contributed by atoms with Crippen molar-refractivity contribution in [1.82, 2.24) is 0 Å². The fourth-order valence-corrected chi connectivity index (χ4v) is 2.56. The Morgan fingerprint density at radius 3 is 2.10 bits per heavy atom. The van der Waals surface area contributed by atoms with Crippen molar-refractivity contribution in [2.45, 2.75) is 11.3 Å². The average Bonchev–Trinajstić information content (AvgIpc) is 2.37. The molecule has 2 aromatic rings. The van der Waals surface area contributed by atoms with E-state index in [1.165, 1.54) is 24.3 Å². The highest BCUT2D eigenvalue weighted by Crippen LogP contribution is 2.14. The molecule has 0 aliphatic rings. The highest BCUT2D eigenvalue weighted by atomic mass is 32.2. The summed E-state index contributed by atoms with van der Waals surface area (Å²) in [5.41, 5.74) is 1.31. The molecule has 2 aromatic carbocycles. The molecule has 1 N–H and O–H groups in total. The highest BCUT2D eigenvalue weighted by Gasteiger charge is 2.06. The van der Waals surface area contributed by atoms with E-state index < -0.39 is 21.5 Å². The lowest BCUT2D eigenvalue weighted by Gasteiger charge is -2.07. The molecule has 0 saturated heterocycles. The van der Waals surface area contributed by atoms with Gasteiger partial charge in [0.2, 0.25) is 0 Å². The molecule has 2 rings (SSSR count). The van der Waals surface area contributed by atoms with Gasteiger partial charge in [-0.2, -0.15) is 0 Å². The Morgan fingerprint density at radius 2 is 1.57 bits per heavy atom. The molecule has 21 heavy (non-hydrogen) atoms. The molecular formula is C15H15F2NO2S. The Kier molecular flexibility index (Phi) is 4.57. The fraction of sp³-hybridized carbons (Fsp3) is 0.200. The van der Waals surface area contributed by atoms with Gasteiger partial charge in [-0.3, -0.25) is 0 Å². The zero-order valence-electron chi connectivity index (χ0n) is 11.4. The summed E-state index contributed by atoms with van der Waals surface area (Å²) in [6.07, 6.45) is 1.61. The standard InChI is InChI=1S/C15H15F2NO2S/c1-21(19,20)15-4-2-14(3-5-15)18-7-6-11-8-12(16)10-13(17)9-11/h2-5,8-10,18H,6-7H2,1H3. The number of anilines is 1. The summed E-state index contributed by atoms with van der Waals surface area (Å²) in [7, 11) is -3.20. The summed E-state index contributed by atoms with van der Waals surface area (Å²) in [6, 6.07) is 9.75. The predicted molar refractivity (Wildman–Crippen MR) is 78.1 cm³/mol. The molecule has 0 unspecified atom stereocenters. The molecule has 0 atom stereocenters. The minimum Gasteiger partial charge on any atom is -0.385 e. The van der Waals surface area contributed by atoms with Crippen LogP contribution in [0.4, 0.5) is 14.5 Å². The average molecular weight is 311 g/mol. The quantitative estimate of drug-likeness (QED) is 0.923. The van der Waals surface area contributed by atoms with Gasteiger partial charge in [-0.05, 0) is 48.4 Å². The normalized spacial score (nSPS) is 11.4. The predicted octanol–water partition coefficient (Wildman–Crippen LogP) is 3.02. The number of sulfone groups is 1.